The molecule has 4 aromatic carbocycles. The summed E-state index contributed by atoms with van der Waals surface area (Å²) < 4.78 is 39.8. The number of benzene rings is 4. The van der Waals surface area contributed by atoms with E-state index in [0.29, 0.717) is 17.5 Å². The maximum Gasteiger partial charge on any atom is 0.416 e. The molecule has 0 saturated heterocycles. The molecule has 0 saturated carbocycles. The normalized spacial score (nSPS) is 11.1. The minimum Gasteiger partial charge on any atom is -0.323 e. The molecule has 3 N–H and O–H groups in total. The quantitative estimate of drug-likeness (QED) is 0.237. The van der Waals surface area contributed by atoms with E-state index in [9.17, 15) is 22.8 Å². The van der Waals surface area contributed by atoms with E-state index in [1.807, 2.05) is 60.7 Å². The molecule has 0 fully saturated rings. The van der Waals surface area contributed by atoms with Crippen LogP contribution in [-0.4, -0.2) is 26.6 Å². The molecular weight excluding hydrogens is 521 g/mol. The minimum atomic E-state index is -4.51. The highest BCUT2D eigenvalue weighted by Gasteiger charge is 2.30. The molecule has 0 aliphatic rings. The molecule has 40 heavy (non-hydrogen) atoms. The van der Waals surface area contributed by atoms with Gasteiger partial charge in [0.05, 0.1) is 11.3 Å². The van der Waals surface area contributed by atoms with Crippen LogP contribution in [0.3, 0.4) is 0 Å². The molecule has 0 spiro atoms. The van der Waals surface area contributed by atoms with Gasteiger partial charge >= 0.3 is 6.18 Å². The third-order valence-electron chi connectivity index (χ3n) is 5.81. The van der Waals surface area contributed by atoms with E-state index < -0.39 is 23.6 Å². The maximum atomic E-state index is 12.7. The smallest absolute Gasteiger partial charge is 0.323 e. The van der Waals surface area contributed by atoms with Gasteiger partial charge in [-0.2, -0.15) is 18.2 Å². The van der Waals surface area contributed by atoms with Crippen molar-refractivity contribution in [2.24, 2.45) is 0 Å². The van der Waals surface area contributed by atoms with Gasteiger partial charge in [-0.05, 0) is 60.7 Å². The van der Waals surface area contributed by atoms with Gasteiger partial charge in [-0.25, -0.2) is 4.68 Å². The van der Waals surface area contributed by atoms with Crippen LogP contribution in [0.15, 0.2) is 109 Å². The van der Waals surface area contributed by atoms with Crippen molar-refractivity contribution in [1.82, 2.24) is 25.6 Å². The number of anilines is 2. The lowest BCUT2D eigenvalue weighted by Gasteiger charge is -2.10. The second-order valence-corrected chi connectivity index (χ2v) is 8.56. The average Bonchev–Trinajstić information content (AvgIpc) is 3.40. The van der Waals surface area contributed by atoms with Gasteiger partial charge in [-0.3, -0.25) is 20.4 Å². The number of hydrazine groups is 1. The van der Waals surface area contributed by atoms with Crippen LogP contribution >= 0.6 is 0 Å². The molecule has 0 unspecified atom stereocenters. The minimum absolute atomic E-state index is 0.0369. The Kier molecular flexibility index (Phi) is 7.27. The Bertz CT molecular complexity index is 1560. The van der Waals surface area contributed by atoms with E-state index in [2.05, 4.69) is 26.3 Å². The number of carbonyl (C=O) groups is 2. The van der Waals surface area contributed by atoms with Crippen molar-refractivity contribution in [3.05, 3.63) is 126 Å². The number of carbonyl (C=O) groups excluding carboxylic acids is 2. The van der Waals surface area contributed by atoms with Gasteiger partial charge < -0.3 is 5.32 Å². The van der Waals surface area contributed by atoms with Crippen LogP contribution in [0.2, 0.25) is 0 Å². The second-order valence-electron chi connectivity index (χ2n) is 8.56. The predicted octanol–water partition coefficient (Wildman–Crippen LogP) is 5.77. The molecule has 5 rings (SSSR count). The zero-order chi connectivity index (χ0) is 28.1. The van der Waals surface area contributed by atoms with Crippen LogP contribution in [0.25, 0.3) is 17.1 Å². The molecule has 200 valence electrons. The Hall–Kier alpha value is -5.45. The number of rotatable bonds is 6. The van der Waals surface area contributed by atoms with E-state index in [-0.39, 0.29) is 11.1 Å². The molecule has 5 aromatic rings. The van der Waals surface area contributed by atoms with Crippen molar-refractivity contribution in [3.8, 4) is 17.1 Å². The molecule has 0 aliphatic heterocycles. The van der Waals surface area contributed by atoms with Crippen LogP contribution in [0.4, 0.5) is 24.8 Å². The van der Waals surface area contributed by atoms with Crippen LogP contribution in [0, 0.1) is 0 Å². The third kappa shape index (κ3) is 5.99. The topological polar surface area (TPSA) is 101 Å². The van der Waals surface area contributed by atoms with E-state index in [1.54, 1.807) is 16.8 Å². The van der Waals surface area contributed by atoms with Gasteiger partial charge in [0, 0.05) is 22.4 Å². The Balaban J connectivity index is 1.25. The fraction of sp³-hybridized carbons (Fsp3) is 0.0345. The number of hydrogen-bond donors (Lipinski definition) is 3. The molecule has 0 atom stereocenters. The zero-order valence-corrected chi connectivity index (χ0v) is 20.7. The highest BCUT2D eigenvalue weighted by Crippen LogP contribution is 2.29. The number of nitrogens with one attached hydrogen (secondary N) is 3. The van der Waals surface area contributed by atoms with Gasteiger partial charge in [0.15, 0.2) is 5.82 Å². The van der Waals surface area contributed by atoms with Gasteiger partial charge in [0.1, 0.15) is 0 Å². The van der Waals surface area contributed by atoms with Crippen LogP contribution in [0.1, 0.15) is 26.3 Å². The summed E-state index contributed by atoms with van der Waals surface area (Å²) in [7, 11) is 0. The summed E-state index contributed by atoms with van der Waals surface area (Å²) in [6.07, 6.45) is -4.51. The monoisotopic (exact) mass is 542 g/mol. The van der Waals surface area contributed by atoms with E-state index >= 15 is 0 Å². The summed E-state index contributed by atoms with van der Waals surface area (Å²) in [4.78, 5) is 29.3. The first-order chi connectivity index (χ1) is 19.3. The van der Waals surface area contributed by atoms with Crippen molar-refractivity contribution < 1.29 is 22.8 Å². The Morgan fingerprint density at radius 3 is 1.75 bits per heavy atom. The predicted molar refractivity (Wildman–Crippen MR) is 143 cm³/mol. The SMILES string of the molecule is O=C(NNC(=O)c1ccc(C(F)(F)F)cc1)c1ccc(Nc2nc(-c3ccccc3)n(-c3ccccc3)n2)cc1. The highest BCUT2D eigenvalue weighted by atomic mass is 19.4. The summed E-state index contributed by atoms with van der Waals surface area (Å²) in [5.41, 5.74) is 6.12. The first kappa shape index (κ1) is 26.2. The first-order valence-corrected chi connectivity index (χ1v) is 12.0. The molecule has 8 nitrogen and oxygen atoms in total. The van der Waals surface area contributed by atoms with Gasteiger partial charge in [0.25, 0.3) is 11.8 Å². The molecule has 1 aromatic heterocycles. The van der Waals surface area contributed by atoms with E-state index in [4.69, 9.17) is 0 Å². The lowest BCUT2D eigenvalue weighted by Crippen LogP contribution is -2.41. The summed E-state index contributed by atoms with van der Waals surface area (Å²) in [6.45, 7) is 0. The molecular formula is C29H21F3N6O2. The molecule has 1 heterocycles. The lowest BCUT2D eigenvalue weighted by atomic mass is 10.1. The number of aromatic nitrogens is 3. The van der Waals surface area contributed by atoms with Gasteiger partial charge in [0.2, 0.25) is 5.95 Å². The Labute approximate surface area is 226 Å². The summed E-state index contributed by atoms with van der Waals surface area (Å²) >= 11 is 0. The molecule has 0 aliphatic carbocycles. The summed E-state index contributed by atoms with van der Waals surface area (Å²) in [6, 6.07) is 29.3. The van der Waals surface area contributed by atoms with E-state index in [1.165, 1.54) is 12.1 Å². The Morgan fingerprint density at radius 1 is 0.675 bits per heavy atom. The number of alkyl halides is 3. The second kappa shape index (κ2) is 11.1. The van der Waals surface area contributed by atoms with E-state index in [0.717, 1.165) is 35.5 Å². The maximum absolute atomic E-state index is 12.7. The third-order valence-corrected chi connectivity index (χ3v) is 5.81. The van der Waals surface area contributed by atoms with Crippen LogP contribution < -0.4 is 16.2 Å². The fourth-order valence-corrected chi connectivity index (χ4v) is 3.79. The Morgan fingerprint density at radius 2 is 1.20 bits per heavy atom. The lowest BCUT2D eigenvalue weighted by molar-refractivity contribution is -0.137. The number of nitrogens with zero attached hydrogens (tertiary/aromatic N) is 3. The van der Waals surface area contributed by atoms with Crippen molar-refractivity contribution >= 4 is 23.5 Å². The van der Waals surface area contributed by atoms with Crippen molar-refractivity contribution in [2.45, 2.75) is 6.18 Å². The van der Waals surface area contributed by atoms with Crippen molar-refractivity contribution in [2.75, 3.05) is 5.32 Å². The number of amides is 2. The van der Waals surface area contributed by atoms with Gasteiger partial charge in [-0.15, -0.1) is 5.10 Å². The van der Waals surface area contributed by atoms with Crippen molar-refractivity contribution in [1.29, 1.82) is 0 Å². The molecule has 0 bridgehead atoms. The fourth-order valence-electron chi connectivity index (χ4n) is 3.79. The average molecular weight is 543 g/mol. The number of halogens is 3. The van der Waals surface area contributed by atoms with Gasteiger partial charge in [-0.1, -0.05) is 48.5 Å². The standard InChI is InChI=1S/C29H21F3N6O2/c30-29(31,32)22-15-11-20(12-16-22)26(39)35-36-27(40)21-13-17-23(18-14-21)33-28-34-25(19-7-3-1-4-8-19)38(37-28)24-9-5-2-6-10-24/h1-18H,(H,33,37)(H,35,39)(H,36,40). The van der Waals surface area contributed by atoms with Crippen molar-refractivity contribution in [3.63, 3.8) is 0 Å². The zero-order valence-electron chi connectivity index (χ0n) is 20.7. The molecule has 2 amide bonds. The highest BCUT2D eigenvalue weighted by molar-refractivity contribution is 5.99. The number of para-hydroxylation sites is 1. The van der Waals surface area contributed by atoms with Crippen LogP contribution in [-0.2, 0) is 6.18 Å². The largest absolute Gasteiger partial charge is 0.416 e. The summed E-state index contributed by atoms with van der Waals surface area (Å²) in [5, 5.41) is 7.74. The molecule has 11 heteroatoms. The number of hydrogen-bond acceptors (Lipinski definition) is 5. The summed E-state index contributed by atoms with van der Waals surface area (Å²) in [5.74, 6) is -0.364. The first-order valence-electron chi connectivity index (χ1n) is 12.0. The molecule has 0 radical (unpaired) electrons. The van der Waals surface area contributed by atoms with Crippen LogP contribution in [0.5, 0.6) is 0 Å².